The first-order valence-electron chi connectivity index (χ1n) is 11.1. The first-order chi connectivity index (χ1) is 12.2. The van der Waals surface area contributed by atoms with E-state index in [9.17, 15) is 4.79 Å². The molecule has 0 aromatic heterocycles. The second-order valence-electron chi connectivity index (χ2n) is 7.31. The van der Waals surface area contributed by atoms with Crippen LogP contribution in [0.15, 0.2) is 12.2 Å². The summed E-state index contributed by atoms with van der Waals surface area (Å²) in [4.78, 5) is 11.8. The maximum Gasteiger partial charge on any atom is 0.306 e. The lowest BCUT2D eigenvalue weighted by molar-refractivity contribution is -0.143. The second-order valence-corrected chi connectivity index (χ2v) is 7.31. The Labute approximate surface area is 157 Å². The fraction of sp³-hybridized carbons (Fsp3) is 0.870. The van der Waals surface area contributed by atoms with Gasteiger partial charge in [-0.1, -0.05) is 96.6 Å². The second kappa shape index (κ2) is 19.5. The molecule has 0 aromatic carbocycles. The summed E-state index contributed by atoms with van der Waals surface area (Å²) in [6.45, 7) is 6.89. The number of ether oxygens (including phenoxy) is 1. The minimum absolute atomic E-state index is 0.0392. The first-order valence-corrected chi connectivity index (χ1v) is 11.1. The van der Waals surface area contributed by atoms with E-state index in [-0.39, 0.29) is 5.97 Å². The Balaban J connectivity index is 3.98. The van der Waals surface area contributed by atoms with Crippen molar-refractivity contribution in [3.63, 3.8) is 0 Å². The van der Waals surface area contributed by atoms with Crippen molar-refractivity contribution in [2.24, 2.45) is 5.92 Å². The molecule has 25 heavy (non-hydrogen) atoms. The molecule has 0 aliphatic rings. The third kappa shape index (κ3) is 17.8. The molecule has 0 fully saturated rings. The molecular formula is C23H44O2. The summed E-state index contributed by atoms with van der Waals surface area (Å²) in [5.74, 6) is 0.327. The predicted molar refractivity (Wildman–Crippen MR) is 110 cm³/mol. The summed E-state index contributed by atoms with van der Waals surface area (Å²) < 4.78 is 5.14. The van der Waals surface area contributed by atoms with Gasteiger partial charge in [-0.3, -0.25) is 4.79 Å². The van der Waals surface area contributed by atoms with Gasteiger partial charge in [0.15, 0.2) is 0 Å². The van der Waals surface area contributed by atoms with Crippen LogP contribution in [0.1, 0.15) is 117 Å². The van der Waals surface area contributed by atoms with E-state index in [1.165, 1.54) is 77.0 Å². The number of rotatable bonds is 18. The monoisotopic (exact) mass is 352 g/mol. The smallest absolute Gasteiger partial charge is 0.306 e. The lowest BCUT2D eigenvalue weighted by atomic mass is 9.96. The lowest BCUT2D eigenvalue weighted by Crippen LogP contribution is -2.10. The highest BCUT2D eigenvalue weighted by molar-refractivity contribution is 5.69. The molecular weight excluding hydrogens is 308 g/mol. The van der Waals surface area contributed by atoms with Gasteiger partial charge in [0.25, 0.3) is 0 Å². The van der Waals surface area contributed by atoms with Gasteiger partial charge >= 0.3 is 5.97 Å². The fourth-order valence-electron chi connectivity index (χ4n) is 3.22. The van der Waals surface area contributed by atoms with Crippen LogP contribution in [0.25, 0.3) is 0 Å². The third-order valence-corrected chi connectivity index (χ3v) is 4.80. The topological polar surface area (TPSA) is 26.3 Å². The summed E-state index contributed by atoms with van der Waals surface area (Å²) in [6, 6.07) is 0. The van der Waals surface area contributed by atoms with Crippen molar-refractivity contribution in [2.75, 3.05) is 6.61 Å². The van der Waals surface area contributed by atoms with E-state index in [0.29, 0.717) is 18.9 Å². The van der Waals surface area contributed by atoms with Gasteiger partial charge in [-0.25, -0.2) is 0 Å². The quantitative estimate of drug-likeness (QED) is 0.144. The van der Waals surface area contributed by atoms with Crippen LogP contribution in [0.4, 0.5) is 0 Å². The van der Waals surface area contributed by atoms with Gasteiger partial charge in [-0.2, -0.15) is 0 Å². The number of unbranched alkanes of at least 4 members (excludes halogenated alkanes) is 11. The Morgan fingerprint density at radius 3 is 1.96 bits per heavy atom. The van der Waals surface area contributed by atoms with Gasteiger partial charge in [0.05, 0.1) is 13.0 Å². The Kier molecular flexibility index (Phi) is 18.9. The largest absolute Gasteiger partial charge is 0.466 e. The maximum atomic E-state index is 11.8. The Morgan fingerprint density at radius 2 is 1.36 bits per heavy atom. The average Bonchev–Trinajstić information content (AvgIpc) is 2.60. The normalized spacial score (nSPS) is 12.6. The molecule has 0 amide bonds. The van der Waals surface area contributed by atoms with Gasteiger partial charge in [-0.05, 0) is 32.1 Å². The highest BCUT2D eigenvalue weighted by Crippen LogP contribution is 2.18. The molecule has 0 heterocycles. The van der Waals surface area contributed by atoms with Crippen LogP contribution >= 0.6 is 0 Å². The van der Waals surface area contributed by atoms with Crippen molar-refractivity contribution < 1.29 is 9.53 Å². The van der Waals surface area contributed by atoms with E-state index in [0.717, 1.165) is 12.8 Å². The molecule has 1 unspecified atom stereocenters. The molecule has 0 N–H and O–H groups in total. The van der Waals surface area contributed by atoms with Gasteiger partial charge in [0.2, 0.25) is 0 Å². The van der Waals surface area contributed by atoms with E-state index in [4.69, 9.17) is 4.74 Å². The van der Waals surface area contributed by atoms with Crippen LogP contribution in [0.3, 0.4) is 0 Å². The SMILES string of the molecule is CCCCCCCC/C=C/C(CCCCCCCC)CC(=O)OCC. The molecule has 148 valence electrons. The predicted octanol–water partition coefficient (Wildman–Crippen LogP) is 7.61. The van der Waals surface area contributed by atoms with E-state index in [1.54, 1.807) is 0 Å². The Bertz CT molecular complexity index is 309. The highest BCUT2D eigenvalue weighted by atomic mass is 16.5. The van der Waals surface area contributed by atoms with Crippen molar-refractivity contribution in [3.8, 4) is 0 Å². The van der Waals surface area contributed by atoms with E-state index < -0.39 is 0 Å². The van der Waals surface area contributed by atoms with E-state index >= 15 is 0 Å². The highest BCUT2D eigenvalue weighted by Gasteiger charge is 2.11. The average molecular weight is 353 g/mol. The van der Waals surface area contributed by atoms with Crippen LogP contribution < -0.4 is 0 Å². The Morgan fingerprint density at radius 1 is 0.800 bits per heavy atom. The summed E-state index contributed by atoms with van der Waals surface area (Å²) in [5.41, 5.74) is 0. The molecule has 0 bridgehead atoms. The molecule has 2 heteroatoms. The standard InChI is InChI=1S/C23H44O2/c1-4-7-9-11-13-14-16-18-20-22(21-23(24)25-6-3)19-17-15-12-10-8-5-2/h18,20,22H,4-17,19,21H2,1-3H3/b20-18+. The van der Waals surface area contributed by atoms with Crippen molar-refractivity contribution in [2.45, 2.75) is 117 Å². The molecule has 0 aromatic rings. The van der Waals surface area contributed by atoms with Crippen molar-refractivity contribution in [1.82, 2.24) is 0 Å². The van der Waals surface area contributed by atoms with Gasteiger partial charge < -0.3 is 4.74 Å². The zero-order chi connectivity index (χ0) is 18.6. The molecule has 0 spiro atoms. The van der Waals surface area contributed by atoms with Gasteiger partial charge in [0.1, 0.15) is 0 Å². The number of carbonyl (C=O) groups is 1. The number of carbonyl (C=O) groups excluding carboxylic acids is 1. The van der Waals surface area contributed by atoms with Gasteiger partial charge in [0, 0.05) is 0 Å². The molecule has 2 nitrogen and oxygen atoms in total. The minimum atomic E-state index is -0.0392. The molecule has 0 saturated heterocycles. The third-order valence-electron chi connectivity index (χ3n) is 4.80. The number of allylic oxidation sites excluding steroid dienone is 2. The summed E-state index contributed by atoms with van der Waals surface area (Å²) in [6.07, 6.45) is 23.3. The summed E-state index contributed by atoms with van der Waals surface area (Å²) >= 11 is 0. The van der Waals surface area contributed by atoms with Crippen LogP contribution in [-0.2, 0) is 9.53 Å². The zero-order valence-corrected chi connectivity index (χ0v) is 17.4. The van der Waals surface area contributed by atoms with Crippen LogP contribution in [0, 0.1) is 5.92 Å². The first kappa shape index (κ1) is 24.2. The summed E-state index contributed by atoms with van der Waals surface area (Å²) in [7, 11) is 0. The van der Waals surface area contributed by atoms with Crippen LogP contribution in [-0.4, -0.2) is 12.6 Å². The van der Waals surface area contributed by atoms with Crippen molar-refractivity contribution in [1.29, 1.82) is 0 Å². The minimum Gasteiger partial charge on any atom is -0.466 e. The van der Waals surface area contributed by atoms with Gasteiger partial charge in [-0.15, -0.1) is 0 Å². The van der Waals surface area contributed by atoms with Crippen molar-refractivity contribution in [3.05, 3.63) is 12.2 Å². The molecule has 0 aliphatic heterocycles. The zero-order valence-electron chi connectivity index (χ0n) is 17.4. The van der Waals surface area contributed by atoms with E-state index in [2.05, 4.69) is 26.0 Å². The summed E-state index contributed by atoms with van der Waals surface area (Å²) in [5, 5.41) is 0. The fourth-order valence-corrected chi connectivity index (χ4v) is 3.22. The lowest BCUT2D eigenvalue weighted by Gasteiger charge is -2.12. The Hall–Kier alpha value is -0.790. The van der Waals surface area contributed by atoms with Crippen LogP contribution in [0.5, 0.6) is 0 Å². The number of hydrogen-bond acceptors (Lipinski definition) is 2. The number of esters is 1. The molecule has 0 rings (SSSR count). The van der Waals surface area contributed by atoms with E-state index in [1.807, 2.05) is 6.92 Å². The number of hydrogen-bond donors (Lipinski definition) is 0. The molecule has 0 radical (unpaired) electrons. The van der Waals surface area contributed by atoms with Crippen molar-refractivity contribution >= 4 is 5.97 Å². The molecule has 1 atom stereocenters. The van der Waals surface area contributed by atoms with Crippen LogP contribution in [0.2, 0.25) is 0 Å². The maximum absolute atomic E-state index is 11.8. The molecule has 0 saturated carbocycles. The molecule has 0 aliphatic carbocycles.